The second-order valence-electron chi connectivity index (χ2n) is 5.79. The van der Waals surface area contributed by atoms with E-state index in [1.807, 2.05) is 36.4 Å². The van der Waals surface area contributed by atoms with Crippen molar-refractivity contribution in [2.45, 2.75) is 12.5 Å². The Labute approximate surface area is 145 Å². The molecule has 1 aliphatic heterocycles. The Bertz CT molecular complexity index is 787. The third-order valence-corrected chi connectivity index (χ3v) is 4.35. The average molecular weight is 341 g/mol. The molecule has 0 aromatic heterocycles. The Hall–Kier alpha value is -2.59. The maximum atomic E-state index is 12.7. The highest BCUT2D eigenvalue weighted by Crippen LogP contribution is 2.29. The number of rotatable bonds is 4. The van der Waals surface area contributed by atoms with Gasteiger partial charge in [0.05, 0.1) is 0 Å². The van der Waals surface area contributed by atoms with Gasteiger partial charge in [-0.15, -0.1) is 0 Å². The molecular weight excluding hydrogens is 324 g/mol. The molecule has 1 N–H and O–H groups in total. The van der Waals surface area contributed by atoms with E-state index < -0.39 is 11.6 Å². The summed E-state index contributed by atoms with van der Waals surface area (Å²) < 4.78 is 0. The number of urea groups is 1. The molecule has 0 spiro atoms. The van der Waals surface area contributed by atoms with Crippen molar-refractivity contribution < 1.29 is 9.59 Å². The third-order valence-electron chi connectivity index (χ3n) is 4.09. The van der Waals surface area contributed by atoms with Gasteiger partial charge in [-0.05, 0) is 30.2 Å². The highest BCUT2D eigenvalue weighted by Gasteiger charge is 2.48. The fourth-order valence-corrected chi connectivity index (χ4v) is 2.83. The van der Waals surface area contributed by atoms with E-state index in [9.17, 15) is 9.59 Å². The lowest BCUT2D eigenvalue weighted by molar-refractivity contribution is -0.130. The van der Waals surface area contributed by atoms with E-state index in [1.165, 1.54) is 4.90 Å². The Morgan fingerprint density at radius 1 is 1.08 bits per heavy atom. The van der Waals surface area contributed by atoms with E-state index in [2.05, 4.69) is 5.32 Å². The summed E-state index contributed by atoms with van der Waals surface area (Å²) in [6.07, 6.45) is 3.69. The molecular formula is C19H17ClN2O2. The number of amides is 3. The maximum Gasteiger partial charge on any atom is 0.325 e. The number of carbonyl (C=O) groups is 2. The monoisotopic (exact) mass is 340 g/mol. The first-order valence-electron chi connectivity index (χ1n) is 7.62. The van der Waals surface area contributed by atoms with Gasteiger partial charge in [-0.25, -0.2) is 4.79 Å². The number of nitrogens with one attached hydrogen (secondary N) is 1. The minimum atomic E-state index is -1.07. The molecule has 1 aliphatic rings. The molecule has 2 aromatic rings. The van der Waals surface area contributed by atoms with Crippen molar-refractivity contribution in [3.8, 4) is 0 Å². The zero-order chi connectivity index (χ0) is 17.2. The smallest absolute Gasteiger partial charge is 0.319 e. The van der Waals surface area contributed by atoms with Crippen molar-refractivity contribution in [2.24, 2.45) is 0 Å². The van der Waals surface area contributed by atoms with E-state index in [4.69, 9.17) is 11.6 Å². The number of halogens is 1. The fraction of sp³-hybridized carbons (Fsp3) is 0.158. The Morgan fingerprint density at radius 3 is 2.42 bits per heavy atom. The van der Waals surface area contributed by atoms with Crippen LogP contribution in [-0.4, -0.2) is 23.4 Å². The molecule has 1 heterocycles. The molecule has 1 atom stereocenters. The predicted octanol–water partition coefficient (Wildman–Crippen LogP) is 3.82. The Morgan fingerprint density at radius 2 is 1.75 bits per heavy atom. The lowest BCUT2D eigenvalue weighted by atomic mass is 9.92. The Kier molecular flexibility index (Phi) is 4.40. The summed E-state index contributed by atoms with van der Waals surface area (Å²) in [5.41, 5.74) is 0.659. The van der Waals surface area contributed by atoms with Gasteiger partial charge >= 0.3 is 6.03 Å². The second-order valence-corrected chi connectivity index (χ2v) is 6.23. The van der Waals surface area contributed by atoms with E-state index >= 15 is 0 Å². The van der Waals surface area contributed by atoms with Gasteiger partial charge in [0.15, 0.2) is 0 Å². The molecule has 1 unspecified atom stereocenters. The standard InChI is InChI=1S/C19H17ClN2O2/c1-19(15-9-11-16(20)12-10-15)17(23)22(18(24)21-19)13-5-8-14-6-3-2-4-7-14/h2-12H,13H2,1H3,(H,21,24)/b8-5+. The highest BCUT2D eigenvalue weighted by molar-refractivity contribution is 6.30. The number of imide groups is 1. The van der Waals surface area contributed by atoms with Crippen LogP contribution in [0.2, 0.25) is 5.02 Å². The van der Waals surface area contributed by atoms with Crippen LogP contribution in [0, 0.1) is 0 Å². The summed E-state index contributed by atoms with van der Waals surface area (Å²) in [5.74, 6) is -0.271. The van der Waals surface area contributed by atoms with Gasteiger partial charge in [0, 0.05) is 11.6 Å². The normalized spacial score (nSPS) is 20.7. The first-order chi connectivity index (χ1) is 11.5. The average Bonchev–Trinajstić information content (AvgIpc) is 2.80. The highest BCUT2D eigenvalue weighted by atomic mass is 35.5. The molecule has 3 amide bonds. The van der Waals surface area contributed by atoms with Crippen LogP contribution in [0.4, 0.5) is 4.79 Å². The zero-order valence-electron chi connectivity index (χ0n) is 13.2. The van der Waals surface area contributed by atoms with Crippen LogP contribution in [0.25, 0.3) is 6.08 Å². The van der Waals surface area contributed by atoms with E-state index in [0.29, 0.717) is 10.6 Å². The summed E-state index contributed by atoms with van der Waals surface area (Å²) >= 11 is 5.89. The van der Waals surface area contributed by atoms with Gasteiger partial charge in [0.1, 0.15) is 5.54 Å². The molecule has 0 bridgehead atoms. The van der Waals surface area contributed by atoms with Gasteiger partial charge in [-0.3, -0.25) is 9.69 Å². The molecule has 0 aliphatic carbocycles. The van der Waals surface area contributed by atoms with Gasteiger partial charge in [-0.2, -0.15) is 0 Å². The first kappa shape index (κ1) is 16.3. The van der Waals surface area contributed by atoms with Crippen molar-refractivity contribution in [3.63, 3.8) is 0 Å². The number of carbonyl (C=O) groups excluding carboxylic acids is 2. The molecule has 0 saturated carbocycles. The summed E-state index contributed by atoms with van der Waals surface area (Å²) in [4.78, 5) is 26.2. The summed E-state index contributed by atoms with van der Waals surface area (Å²) in [6, 6.07) is 16.3. The zero-order valence-corrected chi connectivity index (χ0v) is 14.0. The topological polar surface area (TPSA) is 49.4 Å². The summed E-state index contributed by atoms with van der Waals surface area (Å²) in [7, 11) is 0. The van der Waals surface area contributed by atoms with Gasteiger partial charge in [0.2, 0.25) is 0 Å². The van der Waals surface area contributed by atoms with Crippen LogP contribution in [0.15, 0.2) is 60.7 Å². The number of nitrogens with zero attached hydrogens (tertiary/aromatic N) is 1. The molecule has 1 saturated heterocycles. The van der Waals surface area contributed by atoms with Crippen LogP contribution in [0.1, 0.15) is 18.1 Å². The largest absolute Gasteiger partial charge is 0.325 e. The lowest BCUT2D eigenvalue weighted by Gasteiger charge is -2.22. The van der Waals surface area contributed by atoms with Crippen LogP contribution >= 0.6 is 11.6 Å². The van der Waals surface area contributed by atoms with Crippen molar-refractivity contribution in [1.82, 2.24) is 10.2 Å². The van der Waals surface area contributed by atoms with Crippen LogP contribution in [0.5, 0.6) is 0 Å². The Balaban J connectivity index is 1.76. The van der Waals surface area contributed by atoms with E-state index in [-0.39, 0.29) is 12.5 Å². The molecule has 0 radical (unpaired) electrons. The molecule has 3 rings (SSSR count). The summed E-state index contributed by atoms with van der Waals surface area (Å²) in [6.45, 7) is 1.93. The van der Waals surface area contributed by atoms with Gasteiger partial charge in [0.25, 0.3) is 5.91 Å². The van der Waals surface area contributed by atoms with Crippen LogP contribution < -0.4 is 5.32 Å². The predicted molar refractivity (Wildman–Crippen MR) is 94.5 cm³/mol. The molecule has 2 aromatic carbocycles. The lowest BCUT2D eigenvalue weighted by Crippen LogP contribution is -2.40. The van der Waals surface area contributed by atoms with Crippen molar-refractivity contribution in [2.75, 3.05) is 6.54 Å². The minimum absolute atomic E-state index is 0.225. The summed E-state index contributed by atoms with van der Waals surface area (Å²) in [5, 5.41) is 3.36. The number of hydrogen-bond acceptors (Lipinski definition) is 2. The van der Waals surface area contributed by atoms with E-state index in [1.54, 1.807) is 37.3 Å². The molecule has 5 heteroatoms. The third kappa shape index (κ3) is 3.05. The number of benzene rings is 2. The maximum absolute atomic E-state index is 12.7. The number of hydrogen-bond donors (Lipinski definition) is 1. The first-order valence-corrected chi connectivity index (χ1v) is 8.00. The van der Waals surface area contributed by atoms with Crippen LogP contribution in [-0.2, 0) is 10.3 Å². The van der Waals surface area contributed by atoms with Gasteiger partial charge < -0.3 is 5.32 Å². The second kappa shape index (κ2) is 6.49. The molecule has 122 valence electrons. The van der Waals surface area contributed by atoms with Crippen molar-refractivity contribution >= 4 is 29.6 Å². The van der Waals surface area contributed by atoms with Crippen molar-refractivity contribution in [1.29, 1.82) is 0 Å². The van der Waals surface area contributed by atoms with Crippen molar-refractivity contribution in [3.05, 3.63) is 76.8 Å². The van der Waals surface area contributed by atoms with Gasteiger partial charge in [-0.1, -0.05) is 66.2 Å². The SMILES string of the molecule is CC1(c2ccc(Cl)cc2)NC(=O)N(C/C=C/c2ccccc2)C1=O. The van der Waals surface area contributed by atoms with E-state index in [0.717, 1.165) is 5.56 Å². The van der Waals surface area contributed by atoms with Crippen LogP contribution in [0.3, 0.4) is 0 Å². The minimum Gasteiger partial charge on any atom is -0.319 e. The molecule has 1 fully saturated rings. The molecule has 24 heavy (non-hydrogen) atoms. The quantitative estimate of drug-likeness (QED) is 0.860. The fourth-order valence-electron chi connectivity index (χ4n) is 2.70. The molecule has 4 nitrogen and oxygen atoms in total.